The second kappa shape index (κ2) is 15.7. The number of quaternary nitrogens is 1. The second-order valence-electron chi connectivity index (χ2n) is 4.15. The summed E-state index contributed by atoms with van der Waals surface area (Å²) in [5.41, 5.74) is 3.82. The van der Waals surface area contributed by atoms with Crippen LogP contribution in [-0.2, 0) is 13.3 Å². The normalized spacial score (nSPS) is 10.7. The molecule has 0 heterocycles. The van der Waals surface area contributed by atoms with Crippen molar-refractivity contribution in [3.05, 3.63) is 0 Å². The van der Waals surface area contributed by atoms with E-state index in [1.165, 1.54) is 0 Å². The minimum absolute atomic E-state index is 0.488. The van der Waals surface area contributed by atoms with Crippen molar-refractivity contribution in [2.75, 3.05) is 32.9 Å². The van der Waals surface area contributed by atoms with Gasteiger partial charge in [-0.1, -0.05) is 6.92 Å². The van der Waals surface area contributed by atoms with Gasteiger partial charge in [-0.25, -0.2) is 0 Å². The average Bonchev–Trinajstić information content (AvgIpc) is 2.44. The molecule has 1 amide bonds. The van der Waals surface area contributed by atoms with Crippen LogP contribution in [0.15, 0.2) is 0 Å². The number of hydrogen-bond acceptors (Lipinski definition) is 5. The van der Waals surface area contributed by atoms with Crippen LogP contribution < -0.4 is 16.2 Å². The zero-order valence-corrected chi connectivity index (χ0v) is 14.9. The molecule has 0 spiro atoms. The average molecular weight is 324 g/mol. The van der Waals surface area contributed by atoms with Crippen molar-refractivity contribution < 1.29 is 28.9 Å². The van der Waals surface area contributed by atoms with E-state index in [0.29, 0.717) is 26.4 Å². The van der Waals surface area contributed by atoms with Gasteiger partial charge in [0.15, 0.2) is 0 Å². The molecule has 8 heteroatoms. The van der Waals surface area contributed by atoms with E-state index in [-0.39, 0.29) is 0 Å². The second-order valence-corrected chi connectivity index (χ2v) is 6.89. The molecule has 7 nitrogen and oxygen atoms in total. The summed E-state index contributed by atoms with van der Waals surface area (Å²) in [4.78, 5) is 9.54. The van der Waals surface area contributed by atoms with Gasteiger partial charge < -0.3 is 34.2 Å². The van der Waals surface area contributed by atoms with Crippen LogP contribution in [0.2, 0.25) is 6.04 Å². The van der Waals surface area contributed by atoms with E-state index in [2.05, 4.69) is 11.1 Å². The van der Waals surface area contributed by atoms with Crippen molar-refractivity contribution in [2.45, 2.75) is 46.6 Å². The predicted octanol–water partition coefficient (Wildman–Crippen LogP) is -0.00390. The first-order chi connectivity index (χ1) is 10.0. The predicted molar refractivity (Wildman–Crippen MR) is 81.5 cm³/mol. The van der Waals surface area contributed by atoms with Crippen LogP contribution in [0.3, 0.4) is 0 Å². The molecule has 0 saturated heterocycles. The largest absolute Gasteiger partial charge is 0.530 e. The lowest BCUT2D eigenvalue weighted by molar-refractivity contribution is -0.367. The lowest BCUT2D eigenvalue weighted by Crippen LogP contribution is -2.52. The van der Waals surface area contributed by atoms with E-state index in [0.717, 1.165) is 25.4 Å². The van der Waals surface area contributed by atoms with E-state index >= 15 is 0 Å². The number of carbonyl (C=O) groups excluding carboxylic acids is 1. The SMILES string of the molecule is CCCNC(=O)[O-].CCO[Si](CCC[NH3+])(OCC)OCC. The Hall–Kier alpha value is -0.673. The van der Waals surface area contributed by atoms with E-state index in [4.69, 9.17) is 13.3 Å². The molecule has 0 aliphatic carbocycles. The summed E-state index contributed by atoms with van der Waals surface area (Å²) in [5.74, 6) is 0. The molecule has 128 valence electrons. The zero-order valence-electron chi connectivity index (χ0n) is 13.9. The fraction of sp³-hybridized carbons (Fsp3) is 0.923. The fourth-order valence-electron chi connectivity index (χ4n) is 1.57. The molecule has 0 aromatic heterocycles. The maximum atomic E-state index is 9.54. The highest BCUT2D eigenvalue weighted by Crippen LogP contribution is 2.17. The van der Waals surface area contributed by atoms with E-state index in [1.807, 2.05) is 27.7 Å². The van der Waals surface area contributed by atoms with Crippen LogP contribution in [0, 0.1) is 0 Å². The summed E-state index contributed by atoms with van der Waals surface area (Å²) in [6.45, 7) is 11.2. The quantitative estimate of drug-likeness (QED) is 0.520. The van der Waals surface area contributed by atoms with Gasteiger partial charge in [0.1, 0.15) is 6.09 Å². The van der Waals surface area contributed by atoms with Crippen LogP contribution in [0.25, 0.3) is 0 Å². The lowest BCUT2D eigenvalue weighted by Gasteiger charge is -2.27. The molecule has 0 rings (SSSR count). The Morgan fingerprint density at radius 3 is 1.81 bits per heavy atom. The van der Waals surface area contributed by atoms with Crippen LogP contribution in [-0.4, -0.2) is 47.8 Å². The molecule has 4 N–H and O–H groups in total. The monoisotopic (exact) mass is 324 g/mol. The summed E-state index contributed by atoms with van der Waals surface area (Å²) >= 11 is 0. The van der Waals surface area contributed by atoms with Gasteiger partial charge in [-0.15, -0.1) is 0 Å². The molecule has 21 heavy (non-hydrogen) atoms. The van der Waals surface area contributed by atoms with E-state index < -0.39 is 14.9 Å². The molecule has 0 aromatic carbocycles. The number of nitrogens with one attached hydrogen (secondary N) is 1. The molecule has 0 aliphatic heterocycles. The minimum Gasteiger partial charge on any atom is -0.530 e. The van der Waals surface area contributed by atoms with Gasteiger partial charge >= 0.3 is 8.80 Å². The Kier molecular flexibility index (Phi) is 16.9. The van der Waals surface area contributed by atoms with Gasteiger partial charge in [0, 0.05) is 38.8 Å². The van der Waals surface area contributed by atoms with Crippen molar-refractivity contribution in [1.82, 2.24) is 5.32 Å². The Morgan fingerprint density at radius 1 is 1.10 bits per heavy atom. The van der Waals surface area contributed by atoms with Crippen molar-refractivity contribution in [2.24, 2.45) is 0 Å². The number of amides is 1. The molecule has 0 aliphatic rings. The highest BCUT2D eigenvalue weighted by Gasteiger charge is 2.39. The Bertz CT molecular complexity index is 228. The zero-order chi connectivity index (χ0) is 16.6. The third-order valence-corrected chi connectivity index (χ3v) is 5.50. The molecule has 0 bridgehead atoms. The molecule has 0 saturated carbocycles. The first kappa shape index (κ1) is 22.6. The fourth-order valence-corrected chi connectivity index (χ4v) is 4.26. The number of rotatable bonds is 11. The lowest BCUT2D eigenvalue weighted by atomic mass is 10.5. The first-order valence-corrected chi connectivity index (χ1v) is 9.60. The molecular formula is C13H32N2O5Si. The maximum absolute atomic E-state index is 9.54. The van der Waals surface area contributed by atoms with Crippen molar-refractivity contribution in [1.29, 1.82) is 0 Å². The number of hydrogen-bond donors (Lipinski definition) is 2. The Balaban J connectivity index is 0. The molecule has 0 unspecified atom stereocenters. The summed E-state index contributed by atoms with van der Waals surface area (Å²) < 4.78 is 17.0. The van der Waals surface area contributed by atoms with Gasteiger partial charge in [-0.2, -0.15) is 0 Å². The van der Waals surface area contributed by atoms with Gasteiger partial charge in [0.2, 0.25) is 0 Å². The topological polar surface area (TPSA) is 107 Å². The van der Waals surface area contributed by atoms with Crippen LogP contribution in [0.1, 0.15) is 40.5 Å². The number of carbonyl (C=O) groups is 1. The van der Waals surface area contributed by atoms with Gasteiger partial charge in [0.25, 0.3) is 0 Å². The summed E-state index contributed by atoms with van der Waals surface area (Å²) in [5, 5.41) is 11.6. The summed E-state index contributed by atoms with van der Waals surface area (Å²) in [6.07, 6.45) is 0.627. The highest BCUT2D eigenvalue weighted by molar-refractivity contribution is 6.60. The van der Waals surface area contributed by atoms with E-state index in [1.54, 1.807) is 0 Å². The highest BCUT2D eigenvalue weighted by atomic mass is 28.4. The minimum atomic E-state index is -2.36. The third kappa shape index (κ3) is 14.0. The molecule has 0 radical (unpaired) electrons. The summed E-state index contributed by atoms with van der Waals surface area (Å²) in [6, 6.07) is 0.881. The van der Waals surface area contributed by atoms with Crippen molar-refractivity contribution >= 4 is 14.9 Å². The van der Waals surface area contributed by atoms with Gasteiger partial charge in [0.05, 0.1) is 6.54 Å². The molecule has 0 fully saturated rings. The van der Waals surface area contributed by atoms with Gasteiger partial charge in [-0.05, 0) is 27.2 Å². The van der Waals surface area contributed by atoms with E-state index in [9.17, 15) is 9.90 Å². The van der Waals surface area contributed by atoms with Crippen molar-refractivity contribution in [3.8, 4) is 0 Å². The maximum Gasteiger partial charge on any atom is 0.501 e. The third-order valence-electron chi connectivity index (χ3n) is 2.35. The molecular weight excluding hydrogens is 292 g/mol. The smallest absolute Gasteiger partial charge is 0.501 e. The van der Waals surface area contributed by atoms with Crippen LogP contribution in [0.5, 0.6) is 0 Å². The van der Waals surface area contributed by atoms with Gasteiger partial charge in [-0.3, -0.25) is 0 Å². The first-order valence-electron chi connectivity index (χ1n) is 7.67. The molecule has 0 aromatic rings. The number of carboxylic acid groups (broad SMARTS) is 1. The van der Waals surface area contributed by atoms with Crippen LogP contribution in [0.4, 0.5) is 4.79 Å². The molecule has 0 atom stereocenters. The summed E-state index contributed by atoms with van der Waals surface area (Å²) in [7, 11) is -2.36. The standard InChI is InChI=1S/C9H23NO3Si.C4H9NO2/c1-4-11-14(12-5-2,13-6-3)9-7-8-10;1-2-3-5-4(6)7/h4-10H2,1-3H3;5H,2-3H2,1H3,(H,6,7). The van der Waals surface area contributed by atoms with Crippen molar-refractivity contribution in [3.63, 3.8) is 0 Å². The van der Waals surface area contributed by atoms with Crippen LogP contribution >= 0.6 is 0 Å². The Labute approximate surface area is 129 Å². The Morgan fingerprint density at radius 2 is 1.57 bits per heavy atom.